The van der Waals surface area contributed by atoms with E-state index in [1.165, 1.54) is 0 Å². The molecule has 2 aromatic rings. The molecule has 0 saturated carbocycles. The van der Waals surface area contributed by atoms with Crippen molar-refractivity contribution < 1.29 is 4.79 Å². The maximum absolute atomic E-state index is 12.6. The second kappa shape index (κ2) is 4.68. The fourth-order valence-electron chi connectivity index (χ4n) is 2.33. The van der Waals surface area contributed by atoms with Gasteiger partial charge in [0, 0.05) is 27.6 Å². The molecule has 5 heteroatoms. The molecule has 1 aliphatic rings. The van der Waals surface area contributed by atoms with Gasteiger partial charge in [-0.2, -0.15) is 0 Å². The highest BCUT2D eigenvalue weighted by atomic mass is 35.5. The van der Waals surface area contributed by atoms with E-state index in [1.54, 1.807) is 24.3 Å². The quantitative estimate of drug-likeness (QED) is 0.536. The van der Waals surface area contributed by atoms with Crippen molar-refractivity contribution in [1.82, 2.24) is 0 Å². The van der Waals surface area contributed by atoms with Crippen molar-refractivity contribution in [2.45, 2.75) is 6.42 Å². The van der Waals surface area contributed by atoms with E-state index in [1.807, 2.05) is 0 Å². The van der Waals surface area contributed by atoms with Crippen molar-refractivity contribution in [3.63, 3.8) is 0 Å². The summed E-state index contributed by atoms with van der Waals surface area (Å²) in [6.45, 7) is 0. The number of carbonyl (C=O) groups excluding carboxylic acids is 1. The standard InChI is InChI=1S/C14H6Cl4O/c15-8-1-3-10(17)12-6(8)5-7-9(16)2-4-11(18)13(7)14(12)19/h1-4H,5H2. The molecule has 0 radical (unpaired) electrons. The zero-order chi connectivity index (χ0) is 13.7. The second-order valence-electron chi connectivity index (χ2n) is 4.27. The fourth-order valence-corrected chi connectivity index (χ4v) is 3.30. The van der Waals surface area contributed by atoms with E-state index in [4.69, 9.17) is 46.4 Å². The van der Waals surface area contributed by atoms with Gasteiger partial charge in [0.25, 0.3) is 0 Å². The Labute approximate surface area is 130 Å². The van der Waals surface area contributed by atoms with E-state index in [9.17, 15) is 4.79 Å². The highest BCUT2D eigenvalue weighted by molar-refractivity contribution is 6.41. The average Bonchev–Trinajstić information content (AvgIpc) is 2.38. The first-order valence-electron chi connectivity index (χ1n) is 5.49. The molecule has 0 saturated heterocycles. The molecule has 0 aliphatic heterocycles. The van der Waals surface area contributed by atoms with Gasteiger partial charge in [0.05, 0.1) is 10.0 Å². The Balaban J connectivity index is 2.35. The maximum atomic E-state index is 12.6. The zero-order valence-electron chi connectivity index (χ0n) is 9.44. The molecule has 0 amide bonds. The first-order chi connectivity index (χ1) is 9.00. The Morgan fingerprint density at radius 2 is 1.05 bits per heavy atom. The average molecular weight is 332 g/mol. The van der Waals surface area contributed by atoms with E-state index >= 15 is 0 Å². The summed E-state index contributed by atoms with van der Waals surface area (Å²) in [6.07, 6.45) is 0.454. The Morgan fingerprint density at radius 3 is 1.47 bits per heavy atom. The number of ketones is 1. The minimum Gasteiger partial charge on any atom is -0.288 e. The smallest absolute Gasteiger partial charge is 0.196 e. The lowest BCUT2D eigenvalue weighted by molar-refractivity contribution is 0.103. The Kier molecular flexibility index (Phi) is 3.26. The van der Waals surface area contributed by atoms with Crippen LogP contribution in [0.25, 0.3) is 0 Å². The van der Waals surface area contributed by atoms with E-state index in [2.05, 4.69) is 0 Å². The summed E-state index contributed by atoms with van der Waals surface area (Å²) >= 11 is 24.5. The molecule has 1 nitrogen and oxygen atoms in total. The van der Waals surface area contributed by atoms with E-state index in [0.29, 0.717) is 48.8 Å². The number of rotatable bonds is 0. The van der Waals surface area contributed by atoms with Crippen LogP contribution in [0.3, 0.4) is 0 Å². The van der Waals surface area contributed by atoms with Gasteiger partial charge in [-0.15, -0.1) is 0 Å². The van der Waals surface area contributed by atoms with Gasteiger partial charge in [0.15, 0.2) is 5.78 Å². The summed E-state index contributed by atoms with van der Waals surface area (Å²) in [6, 6.07) is 6.59. The van der Waals surface area contributed by atoms with Crippen LogP contribution in [0.5, 0.6) is 0 Å². The molecule has 0 heterocycles. The van der Waals surface area contributed by atoms with Gasteiger partial charge in [-0.05, 0) is 35.4 Å². The lowest BCUT2D eigenvalue weighted by Crippen LogP contribution is -2.17. The minimum absolute atomic E-state index is 0.226. The third kappa shape index (κ3) is 1.96. The SMILES string of the molecule is O=C1c2c(Cl)ccc(Cl)c2Cc2c(Cl)ccc(Cl)c21. The maximum Gasteiger partial charge on any atom is 0.196 e. The van der Waals surface area contributed by atoms with Gasteiger partial charge in [0.2, 0.25) is 0 Å². The van der Waals surface area contributed by atoms with E-state index in [-0.39, 0.29) is 5.78 Å². The van der Waals surface area contributed by atoms with Crippen LogP contribution in [0, 0.1) is 0 Å². The Morgan fingerprint density at radius 1 is 0.684 bits per heavy atom. The highest BCUT2D eigenvalue weighted by Gasteiger charge is 2.30. The first kappa shape index (κ1) is 13.3. The second-order valence-corrected chi connectivity index (χ2v) is 5.90. The normalized spacial score (nSPS) is 13.2. The van der Waals surface area contributed by atoms with Crippen molar-refractivity contribution in [2.75, 3.05) is 0 Å². The molecule has 0 fully saturated rings. The van der Waals surface area contributed by atoms with Gasteiger partial charge in [-0.25, -0.2) is 0 Å². The van der Waals surface area contributed by atoms with Crippen LogP contribution in [-0.2, 0) is 6.42 Å². The van der Waals surface area contributed by atoms with Crippen LogP contribution in [0.2, 0.25) is 20.1 Å². The van der Waals surface area contributed by atoms with Crippen molar-refractivity contribution in [3.8, 4) is 0 Å². The highest BCUT2D eigenvalue weighted by Crippen LogP contribution is 2.40. The zero-order valence-corrected chi connectivity index (χ0v) is 12.5. The molecule has 0 bridgehead atoms. The number of benzene rings is 2. The van der Waals surface area contributed by atoms with Crippen LogP contribution in [0.4, 0.5) is 0 Å². The van der Waals surface area contributed by atoms with Crippen molar-refractivity contribution in [2.24, 2.45) is 0 Å². The monoisotopic (exact) mass is 330 g/mol. The molecule has 0 N–H and O–H groups in total. The number of halogens is 4. The van der Waals surface area contributed by atoms with Gasteiger partial charge in [-0.3, -0.25) is 4.79 Å². The summed E-state index contributed by atoms with van der Waals surface area (Å²) in [7, 11) is 0. The molecule has 3 rings (SSSR count). The molecular weight excluding hydrogens is 326 g/mol. The number of fused-ring (bicyclic) bond motifs is 2. The summed E-state index contributed by atoms with van der Waals surface area (Å²) in [5.41, 5.74) is 2.25. The van der Waals surface area contributed by atoms with Crippen LogP contribution >= 0.6 is 46.4 Å². The number of hydrogen-bond acceptors (Lipinski definition) is 1. The molecule has 19 heavy (non-hydrogen) atoms. The van der Waals surface area contributed by atoms with Gasteiger partial charge in [0.1, 0.15) is 0 Å². The molecule has 2 aromatic carbocycles. The largest absolute Gasteiger partial charge is 0.288 e. The summed E-state index contributed by atoms with van der Waals surface area (Å²) < 4.78 is 0. The number of hydrogen-bond donors (Lipinski definition) is 0. The molecule has 1 aliphatic carbocycles. The lowest BCUT2D eigenvalue weighted by Gasteiger charge is -2.22. The van der Waals surface area contributed by atoms with E-state index < -0.39 is 0 Å². The summed E-state index contributed by atoms with van der Waals surface area (Å²) in [5, 5.41) is 1.78. The van der Waals surface area contributed by atoms with Gasteiger partial charge >= 0.3 is 0 Å². The molecule has 0 atom stereocenters. The van der Waals surface area contributed by atoms with Crippen molar-refractivity contribution in [3.05, 3.63) is 66.6 Å². The molecule has 0 aromatic heterocycles. The predicted octanol–water partition coefficient (Wildman–Crippen LogP) is 5.44. The Hall–Kier alpha value is -0.730. The fraction of sp³-hybridized carbons (Fsp3) is 0.0714. The van der Waals surface area contributed by atoms with Crippen molar-refractivity contribution in [1.29, 1.82) is 0 Å². The molecule has 96 valence electrons. The van der Waals surface area contributed by atoms with Crippen LogP contribution in [0.1, 0.15) is 27.0 Å². The topological polar surface area (TPSA) is 17.1 Å². The van der Waals surface area contributed by atoms with Crippen molar-refractivity contribution >= 4 is 52.2 Å². The van der Waals surface area contributed by atoms with E-state index in [0.717, 1.165) is 0 Å². The van der Waals surface area contributed by atoms with Gasteiger partial charge in [-0.1, -0.05) is 46.4 Å². The summed E-state index contributed by atoms with van der Waals surface area (Å²) in [5.74, 6) is -0.226. The third-order valence-electron chi connectivity index (χ3n) is 3.22. The molecular formula is C14H6Cl4O. The van der Waals surface area contributed by atoms with Gasteiger partial charge < -0.3 is 0 Å². The Bertz CT molecular complexity index is 662. The van der Waals surface area contributed by atoms with Crippen LogP contribution < -0.4 is 0 Å². The summed E-state index contributed by atoms with van der Waals surface area (Å²) in [4.78, 5) is 12.6. The van der Waals surface area contributed by atoms with Crippen LogP contribution in [-0.4, -0.2) is 5.78 Å². The lowest BCUT2D eigenvalue weighted by atomic mass is 9.85. The predicted molar refractivity (Wildman–Crippen MR) is 79.2 cm³/mol. The van der Waals surface area contributed by atoms with Crippen LogP contribution in [0.15, 0.2) is 24.3 Å². The number of carbonyl (C=O) groups is 1. The molecule has 0 spiro atoms. The third-order valence-corrected chi connectivity index (χ3v) is 4.56. The minimum atomic E-state index is -0.226. The first-order valence-corrected chi connectivity index (χ1v) is 7.00. The molecule has 0 unspecified atom stereocenters.